The van der Waals surface area contributed by atoms with Gasteiger partial charge in [-0.2, -0.15) is 4.98 Å². The van der Waals surface area contributed by atoms with Crippen LogP contribution in [0.1, 0.15) is 42.9 Å². The lowest BCUT2D eigenvalue weighted by molar-refractivity contribution is 0.218. The van der Waals surface area contributed by atoms with Gasteiger partial charge < -0.3 is 4.52 Å². The summed E-state index contributed by atoms with van der Waals surface area (Å²) in [6.45, 7) is 4.99. The van der Waals surface area contributed by atoms with E-state index in [1.165, 1.54) is 4.88 Å². The van der Waals surface area contributed by atoms with Crippen molar-refractivity contribution in [3.63, 3.8) is 0 Å². The standard InChI is InChI=1S/C13H19N3OS/c1-4-6-12-14-13(17-15-12)9-16(3)10(2)11-7-5-8-18-11/h5,7-8,10H,4,6,9H2,1-3H3. The molecule has 0 saturated carbocycles. The van der Waals surface area contributed by atoms with Crippen molar-refractivity contribution in [2.75, 3.05) is 7.05 Å². The molecule has 1 unspecified atom stereocenters. The van der Waals surface area contributed by atoms with Crippen molar-refractivity contribution in [3.05, 3.63) is 34.1 Å². The molecule has 2 heterocycles. The zero-order valence-electron chi connectivity index (χ0n) is 11.1. The van der Waals surface area contributed by atoms with Gasteiger partial charge in [-0.05, 0) is 31.8 Å². The minimum atomic E-state index is 0.367. The Morgan fingerprint density at radius 1 is 1.50 bits per heavy atom. The molecule has 0 saturated heterocycles. The van der Waals surface area contributed by atoms with Crippen molar-refractivity contribution in [3.8, 4) is 0 Å². The van der Waals surface area contributed by atoms with Crippen LogP contribution in [0.25, 0.3) is 0 Å². The van der Waals surface area contributed by atoms with Crippen molar-refractivity contribution in [2.45, 2.75) is 39.3 Å². The summed E-state index contributed by atoms with van der Waals surface area (Å²) >= 11 is 1.77. The van der Waals surface area contributed by atoms with Crippen LogP contribution < -0.4 is 0 Å². The molecule has 0 aliphatic carbocycles. The number of thiophene rings is 1. The first kappa shape index (κ1) is 13.2. The third-order valence-electron chi connectivity index (χ3n) is 2.98. The van der Waals surface area contributed by atoms with Gasteiger partial charge in [-0.3, -0.25) is 4.90 Å². The fourth-order valence-corrected chi connectivity index (χ4v) is 2.62. The first-order valence-electron chi connectivity index (χ1n) is 6.25. The minimum Gasteiger partial charge on any atom is -0.338 e. The highest BCUT2D eigenvalue weighted by atomic mass is 32.1. The van der Waals surface area contributed by atoms with Gasteiger partial charge in [-0.15, -0.1) is 11.3 Å². The highest BCUT2D eigenvalue weighted by Gasteiger charge is 2.15. The third-order valence-corrected chi connectivity index (χ3v) is 4.03. The SMILES string of the molecule is CCCc1noc(CN(C)C(C)c2cccs2)n1. The van der Waals surface area contributed by atoms with Crippen LogP contribution >= 0.6 is 11.3 Å². The van der Waals surface area contributed by atoms with Crippen LogP contribution in [0.2, 0.25) is 0 Å². The average Bonchev–Trinajstić information content (AvgIpc) is 3.00. The topological polar surface area (TPSA) is 42.2 Å². The molecule has 0 bridgehead atoms. The maximum atomic E-state index is 5.26. The molecule has 98 valence electrons. The van der Waals surface area contributed by atoms with Gasteiger partial charge in [0.25, 0.3) is 0 Å². The Morgan fingerprint density at radius 3 is 3.00 bits per heavy atom. The number of nitrogens with zero attached hydrogens (tertiary/aromatic N) is 3. The van der Waals surface area contributed by atoms with Crippen LogP contribution in [-0.2, 0) is 13.0 Å². The summed E-state index contributed by atoms with van der Waals surface area (Å²) in [6.07, 6.45) is 1.92. The number of hydrogen-bond acceptors (Lipinski definition) is 5. The molecule has 0 radical (unpaired) electrons. The second-order valence-corrected chi connectivity index (χ2v) is 5.44. The van der Waals surface area contributed by atoms with E-state index < -0.39 is 0 Å². The van der Waals surface area contributed by atoms with Gasteiger partial charge in [-0.1, -0.05) is 18.1 Å². The van der Waals surface area contributed by atoms with E-state index in [2.05, 4.69) is 53.4 Å². The van der Waals surface area contributed by atoms with Gasteiger partial charge in [0.1, 0.15) is 0 Å². The fraction of sp³-hybridized carbons (Fsp3) is 0.538. The lowest BCUT2D eigenvalue weighted by Gasteiger charge is -2.21. The quantitative estimate of drug-likeness (QED) is 0.804. The number of hydrogen-bond donors (Lipinski definition) is 0. The molecule has 0 fully saturated rings. The molecule has 0 aliphatic rings. The fourth-order valence-electron chi connectivity index (χ4n) is 1.78. The number of rotatable bonds is 6. The van der Waals surface area contributed by atoms with Crippen LogP contribution in [0.15, 0.2) is 22.0 Å². The maximum Gasteiger partial charge on any atom is 0.240 e. The maximum absolute atomic E-state index is 5.26. The Labute approximate surface area is 112 Å². The van der Waals surface area contributed by atoms with Crippen molar-refractivity contribution in [1.29, 1.82) is 0 Å². The van der Waals surface area contributed by atoms with E-state index in [0.717, 1.165) is 18.7 Å². The zero-order chi connectivity index (χ0) is 13.0. The Kier molecular flexibility index (Phi) is 4.49. The Balaban J connectivity index is 1.95. The van der Waals surface area contributed by atoms with Gasteiger partial charge in [0, 0.05) is 17.3 Å². The molecule has 2 aromatic rings. The normalized spacial score (nSPS) is 13.1. The Hall–Kier alpha value is -1.20. The zero-order valence-corrected chi connectivity index (χ0v) is 11.9. The van der Waals surface area contributed by atoms with Crippen LogP contribution in [0, 0.1) is 0 Å². The second kappa shape index (κ2) is 6.11. The largest absolute Gasteiger partial charge is 0.338 e. The van der Waals surface area contributed by atoms with E-state index in [0.29, 0.717) is 18.5 Å². The summed E-state index contributed by atoms with van der Waals surface area (Å²) in [7, 11) is 2.08. The summed E-state index contributed by atoms with van der Waals surface area (Å²) in [5.74, 6) is 1.51. The molecule has 0 aliphatic heterocycles. The van der Waals surface area contributed by atoms with Crippen LogP contribution in [-0.4, -0.2) is 22.1 Å². The molecular formula is C13H19N3OS. The Bertz CT molecular complexity index is 466. The van der Waals surface area contributed by atoms with Gasteiger partial charge in [0.2, 0.25) is 5.89 Å². The van der Waals surface area contributed by atoms with E-state index in [4.69, 9.17) is 4.52 Å². The number of aryl methyl sites for hydroxylation is 1. The average molecular weight is 265 g/mol. The minimum absolute atomic E-state index is 0.367. The highest BCUT2D eigenvalue weighted by molar-refractivity contribution is 7.10. The first-order chi connectivity index (χ1) is 8.70. The predicted molar refractivity (Wildman–Crippen MR) is 72.5 cm³/mol. The van der Waals surface area contributed by atoms with Crippen molar-refractivity contribution in [1.82, 2.24) is 15.0 Å². The number of aromatic nitrogens is 2. The molecule has 0 amide bonds. The molecule has 2 rings (SSSR count). The smallest absolute Gasteiger partial charge is 0.240 e. The van der Waals surface area contributed by atoms with E-state index in [1.54, 1.807) is 11.3 Å². The predicted octanol–water partition coefficient (Wildman–Crippen LogP) is 3.28. The molecule has 0 spiro atoms. The summed E-state index contributed by atoms with van der Waals surface area (Å²) < 4.78 is 5.26. The van der Waals surface area contributed by atoms with E-state index in [1.807, 2.05) is 0 Å². The van der Waals surface area contributed by atoms with Gasteiger partial charge in [0.05, 0.1) is 6.54 Å². The van der Waals surface area contributed by atoms with Crippen LogP contribution in [0.3, 0.4) is 0 Å². The second-order valence-electron chi connectivity index (χ2n) is 4.46. The third kappa shape index (κ3) is 3.17. The van der Waals surface area contributed by atoms with Crippen molar-refractivity contribution < 1.29 is 4.52 Å². The van der Waals surface area contributed by atoms with E-state index >= 15 is 0 Å². The van der Waals surface area contributed by atoms with Crippen LogP contribution in [0.5, 0.6) is 0 Å². The van der Waals surface area contributed by atoms with E-state index in [9.17, 15) is 0 Å². The summed E-state index contributed by atoms with van der Waals surface area (Å²) in [4.78, 5) is 7.96. The summed E-state index contributed by atoms with van der Waals surface area (Å²) in [6, 6.07) is 4.60. The summed E-state index contributed by atoms with van der Waals surface area (Å²) in [5.41, 5.74) is 0. The van der Waals surface area contributed by atoms with Crippen LogP contribution in [0.4, 0.5) is 0 Å². The molecule has 5 heteroatoms. The van der Waals surface area contributed by atoms with Gasteiger partial charge >= 0.3 is 0 Å². The highest BCUT2D eigenvalue weighted by Crippen LogP contribution is 2.24. The van der Waals surface area contributed by atoms with E-state index in [-0.39, 0.29) is 0 Å². The summed E-state index contributed by atoms with van der Waals surface area (Å²) in [5, 5.41) is 6.07. The molecule has 1 atom stereocenters. The molecule has 18 heavy (non-hydrogen) atoms. The lowest BCUT2D eigenvalue weighted by atomic mass is 10.2. The van der Waals surface area contributed by atoms with Crippen molar-refractivity contribution in [2.24, 2.45) is 0 Å². The first-order valence-corrected chi connectivity index (χ1v) is 7.13. The van der Waals surface area contributed by atoms with Gasteiger partial charge in [0.15, 0.2) is 5.82 Å². The lowest BCUT2D eigenvalue weighted by Crippen LogP contribution is -2.21. The monoisotopic (exact) mass is 265 g/mol. The molecular weight excluding hydrogens is 246 g/mol. The Morgan fingerprint density at radius 2 is 2.33 bits per heavy atom. The molecule has 0 N–H and O–H groups in total. The van der Waals surface area contributed by atoms with Gasteiger partial charge in [-0.25, -0.2) is 0 Å². The molecule has 4 nitrogen and oxygen atoms in total. The van der Waals surface area contributed by atoms with Crippen molar-refractivity contribution >= 4 is 11.3 Å². The molecule has 0 aromatic carbocycles. The molecule has 2 aromatic heterocycles.